The minimum absolute atomic E-state index is 0.113. The highest BCUT2D eigenvalue weighted by Gasteiger charge is 2.30. The van der Waals surface area contributed by atoms with Gasteiger partial charge in [-0.2, -0.15) is 4.31 Å². The van der Waals surface area contributed by atoms with Gasteiger partial charge in [-0.25, -0.2) is 18.4 Å². The SMILES string of the molecule is CCN(CC)S(=O)(=O)c1scc(Nc2nc3c(nc2N[C@@H](c2ccc(C)o2)C(C)C)NCN3)c1O. The molecule has 5 N–H and O–H groups in total. The van der Waals surface area contributed by atoms with Crippen LogP contribution < -0.4 is 21.3 Å². The summed E-state index contributed by atoms with van der Waals surface area (Å²) in [6.45, 7) is 10.7. The predicted octanol–water partition coefficient (Wildman–Crippen LogP) is 4.52. The Morgan fingerprint density at radius 3 is 2.40 bits per heavy atom. The monoisotopic (exact) mass is 521 g/mol. The summed E-state index contributed by atoms with van der Waals surface area (Å²) in [5.74, 6) is 3.32. The minimum Gasteiger partial charge on any atom is -0.504 e. The van der Waals surface area contributed by atoms with Gasteiger partial charge in [0, 0.05) is 18.5 Å². The van der Waals surface area contributed by atoms with Crippen LogP contribution >= 0.6 is 11.3 Å². The van der Waals surface area contributed by atoms with E-state index in [1.54, 1.807) is 19.2 Å². The van der Waals surface area contributed by atoms with Gasteiger partial charge in [-0.3, -0.25) is 0 Å². The van der Waals surface area contributed by atoms with Crippen LogP contribution in [0.3, 0.4) is 0 Å². The fourth-order valence-corrected chi connectivity index (χ4v) is 6.66. The number of hydrogen-bond acceptors (Lipinski definition) is 11. The molecule has 0 spiro atoms. The molecule has 0 radical (unpaired) electrons. The van der Waals surface area contributed by atoms with E-state index in [4.69, 9.17) is 4.42 Å². The van der Waals surface area contributed by atoms with E-state index in [1.165, 1.54) is 4.31 Å². The van der Waals surface area contributed by atoms with E-state index in [0.717, 1.165) is 22.9 Å². The van der Waals surface area contributed by atoms with Crippen LogP contribution in [0.15, 0.2) is 26.1 Å². The van der Waals surface area contributed by atoms with Crippen LogP contribution in [-0.4, -0.2) is 47.6 Å². The lowest BCUT2D eigenvalue weighted by Gasteiger charge is -2.23. The lowest BCUT2D eigenvalue weighted by molar-refractivity contribution is 0.408. The molecule has 0 saturated heterocycles. The van der Waals surface area contributed by atoms with Crippen molar-refractivity contribution < 1.29 is 17.9 Å². The largest absolute Gasteiger partial charge is 0.504 e. The fraction of sp³-hybridized carbons (Fsp3) is 0.455. The molecule has 1 aliphatic rings. The van der Waals surface area contributed by atoms with Crippen LogP contribution in [0.25, 0.3) is 0 Å². The molecule has 13 heteroatoms. The first-order chi connectivity index (χ1) is 16.6. The van der Waals surface area contributed by atoms with Crippen molar-refractivity contribution in [1.82, 2.24) is 14.3 Å². The van der Waals surface area contributed by atoms with E-state index in [0.29, 0.717) is 43.0 Å². The molecule has 0 fully saturated rings. The lowest BCUT2D eigenvalue weighted by Crippen LogP contribution is -2.30. The van der Waals surface area contributed by atoms with E-state index < -0.39 is 10.0 Å². The smallest absolute Gasteiger partial charge is 0.256 e. The first kappa shape index (κ1) is 25.1. The van der Waals surface area contributed by atoms with Crippen molar-refractivity contribution in [2.24, 2.45) is 5.92 Å². The summed E-state index contributed by atoms with van der Waals surface area (Å²) in [5.41, 5.74) is 0.235. The average Bonchev–Trinajstić information content (AvgIpc) is 3.53. The number of nitrogens with zero attached hydrogens (tertiary/aromatic N) is 3. The number of fused-ring (bicyclic) bond motifs is 1. The van der Waals surface area contributed by atoms with Gasteiger partial charge in [0.1, 0.15) is 11.5 Å². The number of aromatic hydroxyl groups is 1. The summed E-state index contributed by atoms with van der Waals surface area (Å²) in [7, 11) is -3.81. The van der Waals surface area contributed by atoms with Crippen molar-refractivity contribution in [3.63, 3.8) is 0 Å². The van der Waals surface area contributed by atoms with Crippen LogP contribution in [0.4, 0.5) is 29.0 Å². The van der Waals surface area contributed by atoms with Crippen molar-refractivity contribution in [1.29, 1.82) is 0 Å². The standard InChI is InChI=1S/C22H31N7O4S2/c1-6-29(7-2)35(31,32)22-17(30)14(10-34-22)25-20-21(28-19-18(27-20)23-11-24-19)26-16(12(3)4)15-9-8-13(5)33-15/h8-10,12,16,30H,6-7,11H2,1-5H3,(H2,23,25,27)(H2,24,26,28)/t16-/m1/s1. The molecule has 1 atom stereocenters. The number of aryl methyl sites for hydroxylation is 1. The highest BCUT2D eigenvalue weighted by Crippen LogP contribution is 2.42. The van der Waals surface area contributed by atoms with Gasteiger partial charge in [0.2, 0.25) is 0 Å². The summed E-state index contributed by atoms with van der Waals surface area (Å²) >= 11 is 0.957. The number of anilines is 5. The maximum atomic E-state index is 13.0. The highest BCUT2D eigenvalue weighted by molar-refractivity contribution is 7.91. The maximum absolute atomic E-state index is 13.0. The third-order valence-corrected chi connectivity index (χ3v) is 9.24. The quantitative estimate of drug-likeness (QED) is 0.258. The van der Waals surface area contributed by atoms with Crippen molar-refractivity contribution in [3.8, 4) is 5.75 Å². The van der Waals surface area contributed by atoms with Gasteiger partial charge >= 0.3 is 0 Å². The van der Waals surface area contributed by atoms with Gasteiger partial charge in [0.25, 0.3) is 10.0 Å². The van der Waals surface area contributed by atoms with Crippen molar-refractivity contribution in [2.45, 2.75) is 44.9 Å². The first-order valence-corrected chi connectivity index (χ1v) is 13.8. The van der Waals surface area contributed by atoms with Gasteiger partial charge in [-0.05, 0) is 25.0 Å². The molecule has 4 heterocycles. The van der Waals surface area contributed by atoms with Gasteiger partial charge in [-0.15, -0.1) is 11.3 Å². The predicted molar refractivity (Wildman–Crippen MR) is 138 cm³/mol. The first-order valence-electron chi connectivity index (χ1n) is 11.5. The summed E-state index contributed by atoms with van der Waals surface area (Å²) in [4.78, 5) is 9.32. The Morgan fingerprint density at radius 1 is 1.17 bits per heavy atom. The Kier molecular flexibility index (Phi) is 7.10. The molecule has 0 unspecified atom stereocenters. The van der Waals surface area contributed by atoms with Gasteiger partial charge in [-0.1, -0.05) is 27.7 Å². The number of furan rings is 1. The Balaban J connectivity index is 1.70. The summed E-state index contributed by atoms with van der Waals surface area (Å²) in [5, 5.41) is 25.1. The molecule has 1 aliphatic heterocycles. The molecule has 0 saturated carbocycles. The molecular formula is C22H31N7O4S2. The van der Waals surface area contributed by atoms with Crippen molar-refractivity contribution >= 4 is 50.3 Å². The average molecular weight is 522 g/mol. The summed E-state index contributed by atoms with van der Waals surface area (Å²) in [6.07, 6.45) is 0. The molecule has 0 bridgehead atoms. The highest BCUT2D eigenvalue weighted by atomic mass is 32.2. The van der Waals surface area contributed by atoms with Crippen LogP contribution in [0.5, 0.6) is 5.75 Å². The maximum Gasteiger partial charge on any atom is 0.256 e. The zero-order valence-corrected chi connectivity index (χ0v) is 22.0. The van der Waals surface area contributed by atoms with Crippen molar-refractivity contribution in [3.05, 3.63) is 29.0 Å². The molecule has 190 valence electrons. The van der Waals surface area contributed by atoms with E-state index in [9.17, 15) is 13.5 Å². The van der Waals surface area contributed by atoms with Crippen LogP contribution in [0, 0.1) is 12.8 Å². The van der Waals surface area contributed by atoms with Crippen molar-refractivity contribution in [2.75, 3.05) is 41.0 Å². The fourth-order valence-electron chi connectivity index (χ4n) is 3.83. The third kappa shape index (κ3) is 4.88. The molecule has 0 amide bonds. The summed E-state index contributed by atoms with van der Waals surface area (Å²) < 4.78 is 33.0. The van der Waals surface area contributed by atoms with Gasteiger partial charge in [0.15, 0.2) is 33.2 Å². The summed E-state index contributed by atoms with van der Waals surface area (Å²) in [6, 6.07) is 3.64. The van der Waals surface area contributed by atoms with Crippen LogP contribution in [-0.2, 0) is 10.0 Å². The Labute approximate surface area is 209 Å². The molecule has 35 heavy (non-hydrogen) atoms. The molecule has 4 rings (SSSR count). The Hall–Kier alpha value is -3.03. The van der Waals surface area contributed by atoms with E-state index >= 15 is 0 Å². The second-order valence-corrected chi connectivity index (χ2v) is 11.5. The number of thiophene rings is 1. The van der Waals surface area contributed by atoms with E-state index in [2.05, 4.69) is 45.1 Å². The molecule has 3 aromatic rings. The Morgan fingerprint density at radius 2 is 1.83 bits per heavy atom. The molecule has 11 nitrogen and oxygen atoms in total. The third-order valence-electron chi connectivity index (χ3n) is 5.70. The van der Waals surface area contributed by atoms with Crippen LogP contribution in [0.2, 0.25) is 0 Å². The molecule has 0 aliphatic carbocycles. The number of sulfonamides is 1. The zero-order chi connectivity index (χ0) is 25.3. The molecule has 3 aromatic heterocycles. The number of nitrogens with one attached hydrogen (secondary N) is 4. The normalized spacial score (nSPS) is 14.0. The number of hydrogen-bond donors (Lipinski definition) is 5. The second-order valence-electron chi connectivity index (χ2n) is 8.46. The number of rotatable bonds is 10. The second kappa shape index (κ2) is 9.91. The van der Waals surface area contributed by atoms with Crippen LogP contribution in [0.1, 0.15) is 45.3 Å². The van der Waals surface area contributed by atoms with Gasteiger partial charge < -0.3 is 30.8 Å². The minimum atomic E-state index is -3.81. The zero-order valence-electron chi connectivity index (χ0n) is 20.3. The number of aromatic nitrogens is 2. The molecule has 0 aromatic carbocycles. The lowest BCUT2D eigenvalue weighted by atomic mass is 10.0. The topological polar surface area (TPSA) is 145 Å². The van der Waals surface area contributed by atoms with E-state index in [-0.39, 0.29) is 27.6 Å². The Bertz CT molecular complexity index is 1300. The van der Waals surface area contributed by atoms with E-state index in [1.807, 2.05) is 19.1 Å². The molecular weight excluding hydrogens is 490 g/mol. The van der Waals surface area contributed by atoms with Gasteiger partial charge in [0.05, 0.1) is 18.4 Å².